The van der Waals surface area contributed by atoms with Crippen LogP contribution < -0.4 is 10.6 Å². The summed E-state index contributed by atoms with van der Waals surface area (Å²) in [5.74, 6) is -0.0568. The van der Waals surface area contributed by atoms with Crippen molar-refractivity contribution >= 4 is 17.3 Å². The number of hydrogen-bond donors (Lipinski definition) is 2. The second-order valence-corrected chi connectivity index (χ2v) is 4.99. The number of anilines is 2. The zero-order valence-electron chi connectivity index (χ0n) is 12.2. The molecule has 0 aliphatic rings. The third kappa shape index (κ3) is 3.60. The van der Waals surface area contributed by atoms with E-state index >= 15 is 0 Å². The molecule has 2 aromatic rings. The van der Waals surface area contributed by atoms with Gasteiger partial charge < -0.3 is 10.6 Å². The van der Waals surface area contributed by atoms with E-state index in [0.717, 1.165) is 23.5 Å². The quantitative estimate of drug-likeness (QED) is 0.883. The van der Waals surface area contributed by atoms with Crippen LogP contribution in [-0.4, -0.2) is 5.91 Å². The molecular formula is C17H20N2O. The molecule has 104 valence electrons. The maximum Gasteiger partial charge on any atom is 0.221 e. The Kier molecular flexibility index (Phi) is 4.41. The molecule has 0 fully saturated rings. The van der Waals surface area contributed by atoms with Crippen molar-refractivity contribution in [3.05, 3.63) is 59.2 Å². The molecule has 3 nitrogen and oxygen atoms in total. The van der Waals surface area contributed by atoms with Gasteiger partial charge in [0.15, 0.2) is 0 Å². The average molecular weight is 268 g/mol. The van der Waals surface area contributed by atoms with E-state index in [1.807, 2.05) is 30.3 Å². The zero-order valence-corrected chi connectivity index (χ0v) is 12.2. The lowest BCUT2D eigenvalue weighted by Gasteiger charge is -2.13. The molecule has 0 saturated heterocycles. The van der Waals surface area contributed by atoms with Crippen molar-refractivity contribution in [2.24, 2.45) is 0 Å². The number of rotatable bonds is 4. The van der Waals surface area contributed by atoms with Gasteiger partial charge in [-0.2, -0.15) is 0 Å². The van der Waals surface area contributed by atoms with Crippen LogP contribution in [0.4, 0.5) is 11.4 Å². The van der Waals surface area contributed by atoms with Gasteiger partial charge in [0.1, 0.15) is 0 Å². The first-order valence-corrected chi connectivity index (χ1v) is 6.73. The topological polar surface area (TPSA) is 41.1 Å². The Balaban J connectivity index is 2.12. The van der Waals surface area contributed by atoms with Crippen LogP contribution in [0, 0.1) is 13.8 Å². The van der Waals surface area contributed by atoms with Crippen molar-refractivity contribution in [3.63, 3.8) is 0 Å². The smallest absolute Gasteiger partial charge is 0.221 e. The summed E-state index contributed by atoms with van der Waals surface area (Å²) in [6.07, 6.45) is 0. The number of amides is 1. The van der Waals surface area contributed by atoms with E-state index in [-0.39, 0.29) is 5.91 Å². The van der Waals surface area contributed by atoms with E-state index in [1.54, 1.807) is 0 Å². The summed E-state index contributed by atoms with van der Waals surface area (Å²) in [5.41, 5.74) is 5.56. The van der Waals surface area contributed by atoms with E-state index in [1.165, 1.54) is 18.1 Å². The highest BCUT2D eigenvalue weighted by atomic mass is 16.1. The molecular weight excluding hydrogens is 248 g/mol. The Labute approximate surface area is 120 Å². The number of nitrogens with one attached hydrogen (secondary N) is 2. The van der Waals surface area contributed by atoms with Gasteiger partial charge in [-0.05, 0) is 42.7 Å². The summed E-state index contributed by atoms with van der Waals surface area (Å²) >= 11 is 0. The van der Waals surface area contributed by atoms with Gasteiger partial charge in [-0.25, -0.2) is 0 Å². The van der Waals surface area contributed by atoms with Gasteiger partial charge in [0, 0.05) is 24.8 Å². The molecule has 0 atom stereocenters. The van der Waals surface area contributed by atoms with Crippen LogP contribution in [-0.2, 0) is 11.3 Å². The molecule has 2 N–H and O–H groups in total. The van der Waals surface area contributed by atoms with Crippen LogP contribution in [0.3, 0.4) is 0 Å². The van der Waals surface area contributed by atoms with Gasteiger partial charge in [0.25, 0.3) is 0 Å². The highest BCUT2D eigenvalue weighted by molar-refractivity contribution is 5.89. The Bertz CT molecular complexity index is 620. The van der Waals surface area contributed by atoms with E-state index in [2.05, 4.69) is 36.6 Å². The van der Waals surface area contributed by atoms with E-state index in [0.29, 0.717) is 0 Å². The maximum atomic E-state index is 11.1. The van der Waals surface area contributed by atoms with Crippen molar-refractivity contribution in [1.82, 2.24) is 0 Å². The van der Waals surface area contributed by atoms with Crippen LogP contribution in [0.25, 0.3) is 0 Å². The standard InChI is InChI=1S/C17H20N2O/c1-12-6-4-5-7-15(12)11-18-17-10-16(19-14(3)20)9-8-13(17)2/h4-10,18H,11H2,1-3H3,(H,19,20). The number of aryl methyl sites for hydroxylation is 2. The highest BCUT2D eigenvalue weighted by Crippen LogP contribution is 2.21. The molecule has 2 aromatic carbocycles. The lowest BCUT2D eigenvalue weighted by molar-refractivity contribution is -0.114. The average Bonchev–Trinajstić information content (AvgIpc) is 2.40. The molecule has 0 aromatic heterocycles. The fourth-order valence-corrected chi connectivity index (χ4v) is 2.09. The van der Waals surface area contributed by atoms with Gasteiger partial charge in [-0.15, -0.1) is 0 Å². The monoisotopic (exact) mass is 268 g/mol. The molecule has 0 aliphatic carbocycles. The molecule has 0 saturated carbocycles. The number of carbonyl (C=O) groups is 1. The zero-order chi connectivity index (χ0) is 14.5. The van der Waals surface area contributed by atoms with Crippen molar-refractivity contribution < 1.29 is 4.79 Å². The van der Waals surface area contributed by atoms with Crippen molar-refractivity contribution in [1.29, 1.82) is 0 Å². The van der Waals surface area contributed by atoms with Gasteiger partial charge >= 0.3 is 0 Å². The second-order valence-electron chi connectivity index (χ2n) is 4.99. The predicted molar refractivity (Wildman–Crippen MR) is 84.0 cm³/mol. The molecule has 2 rings (SSSR count). The molecule has 3 heteroatoms. The van der Waals surface area contributed by atoms with E-state index in [4.69, 9.17) is 0 Å². The van der Waals surface area contributed by atoms with Gasteiger partial charge in [0.05, 0.1) is 0 Å². The minimum Gasteiger partial charge on any atom is -0.381 e. The normalized spacial score (nSPS) is 10.2. The fourth-order valence-electron chi connectivity index (χ4n) is 2.09. The molecule has 20 heavy (non-hydrogen) atoms. The van der Waals surface area contributed by atoms with Crippen molar-refractivity contribution in [2.45, 2.75) is 27.3 Å². The molecule has 0 aliphatic heterocycles. The number of carbonyl (C=O) groups excluding carboxylic acids is 1. The third-order valence-corrected chi connectivity index (χ3v) is 3.29. The van der Waals surface area contributed by atoms with E-state index in [9.17, 15) is 4.79 Å². The molecule has 1 amide bonds. The maximum absolute atomic E-state index is 11.1. The summed E-state index contributed by atoms with van der Waals surface area (Å²) in [6, 6.07) is 14.2. The van der Waals surface area contributed by atoms with Crippen LogP contribution >= 0.6 is 0 Å². The van der Waals surface area contributed by atoms with Crippen LogP contribution in [0.1, 0.15) is 23.6 Å². The Hall–Kier alpha value is -2.29. The Morgan fingerprint density at radius 1 is 1.05 bits per heavy atom. The fraction of sp³-hybridized carbons (Fsp3) is 0.235. The first-order valence-electron chi connectivity index (χ1n) is 6.73. The third-order valence-electron chi connectivity index (χ3n) is 3.29. The molecule has 0 bridgehead atoms. The summed E-state index contributed by atoms with van der Waals surface area (Å²) in [7, 11) is 0. The number of benzene rings is 2. The SMILES string of the molecule is CC(=O)Nc1ccc(C)c(NCc2ccccc2C)c1. The number of hydrogen-bond acceptors (Lipinski definition) is 2. The largest absolute Gasteiger partial charge is 0.381 e. The van der Waals surface area contributed by atoms with Crippen molar-refractivity contribution in [3.8, 4) is 0 Å². The van der Waals surface area contributed by atoms with E-state index < -0.39 is 0 Å². The predicted octanol–water partition coefficient (Wildman–Crippen LogP) is 3.87. The lowest BCUT2D eigenvalue weighted by atomic mass is 10.1. The Morgan fingerprint density at radius 2 is 1.80 bits per heavy atom. The summed E-state index contributed by atoms with van der Waals surface area (Å²) in [6.45, 7) is 6.45. The van der Waals surface area contributed by atoms with Gasteiger partial charge in [-0.3, -0.25) is 4.79 Å². The first kappa shape index (κ1) is 14.1. The molecule has 0 heterocycles. The van der Waals surface area contributed by atoms with Gasteiger partial charge in [-0.1, -0.05) is 30.3 Å². The lowest BCUT2D eigenvalue weighted by Crippen LogP contribution is -2.07. The highest BCUT2D eigenvalue weighted by Gasteiger charge is 2.03. The molecule has 0 radical (unpaired) electrons. The van der Waals surface area contributed by atoms with Crippen LogP contribution in [0.2, 0.25) is 0 Å². The first-order chi connectivity index (χ1) is 9.56. The van der Waals surface area contributed by atoms with Crippen LogP contribution in [0.15, 0.2) is 42.5 Å². The Morgan fingerprint density at radius 3 is 2.50 bits per heavy atom. The molecule has 0 spiro atoms. The van der Waals surface area contributed by atoms with Crippen LogP contribution in [0.5, 0.6) is 0 Å². The van der Waals surface area contributed by atoms with Gasteiger partial charge in [0.2, 0.25) is 5.91 Å². The summed E-state index contributed by atoms with van der Waals surface area (Å²) in [4.78, 5) is 11.1. The molecule has 0 unspecified atom stereocenters. The summed E-state index contributed by atoms with van der Waals surface area (Å²) in [5, 5.41) is 6.24. The van der Waals surface area contributed by atoms with Crippen molar-refractivity contribution in [2.75, 3.05) is 10.6 Å². The minimum absolute atomic E-state index is 0.0568. The summed E-state index contributed by atoms with van der Waals surface area (Å²) < 4.78 is 0. The second kappa shape index (κ2) is 6.24. The minimum atomic E-state index is -0.0568.